The number of aryl methyl sites for hydroxylation is 1. The summed E-state index contributed by atoms with van der Waals surface area (Å²) in [4.78, 5) is 21.1. The number of amides is 1. The van der Waals surface area contributed by atoms with Gasteiger partial charge in [-0.25, -0.2) is 13.4 Å². The Bertz CT molecular complexity index is 1260. The van der Waals surface area contributed by atoms with Gasteiger partial charge in [-0.2, -0.15) is 4.37 Å². The lowest BCUT2D eigenvalue weighted by Crippen LogP contribution is -2.44. The van der Waals surface area contributed by atoms with E-state index in [9.17, 15) is 13.2 Å². The molecule has 3 aromatic rings. The quantitative estimate of drug-likeness (QED) is 0.583. The summed E-state index contributed by atoms with van der Waals surface area (Å²) in [6, 6.07) is 11.9. The second-order valence-corrected chi connectivity index (χ2v) is 10.6. The van der Waals surface area contributed by atoms with Gasteiger partial charge in [0, 0.05) is 42.4 Å². The van der Waals surface area contributed by atoms with Gasteiger partial charge in [0.05, 0.1) is 4.90 Å². The minimum absolute atomic E-state index is 0. The lowest BCUT2D eigenvalue weighted by Gasteiger charge is -2.35. The lowest BCUT2D eigenvalue weighted by atomic mass is 9.99. The van der Waals surface area contributed by atoms with Crippen LogP contribution in [0.2, 0.25) is 5.02 Å². The molecule has 3 heterocycles. The summed E-state index contributed by atoms with van der Waals surface area (Å²) in [5.41, 5.74) is 2.93. The minimum Gasteiger partial charge on any atom is -0.359 e. The summed E-state index contributed by atoms with van der Waals surface area (Å²) in [6.07, 6.45) is 3.93. The van der Waals surface area contributed by atoms with E-state index in [0.717, 1.165) is 36.6 Å². The third-order valence-corrected chi connectivity index (χ3v) is 8.09. The van der Waals surface area contributed by atoms with Crippen molar-refractivity contribution in [2.45, 2.75) is 30.2 Å². The van der Waals surface area contributed by atoms with Crippen molar-refractivity contribution >= 4 is 55.6 Å². The van der Waals surface area contributed by atoms with Crippen LogP contribution in [0.1, 0.15) is 19.8 Å². The SMILES string of the molecule is O=C1[C@@H](N2CCCc3cc(Cl)ccc32)CCN1c1ccc(S(=O)(=O)Nc2ncns2)cc1.[HH]. The Labute approximate surface area is 196 Å². The van der Waals surface area contributed by atoms with Gasteiger partial charge < -0.3 is 9.80 Å². The molecular formula is C21H22ClN5O3S2. The summed E-state index contributed by atoms with van der Waals surface area (Å²) in [5, 5.41) is 0.912. The van der Waals surface area contributed by atoms with Gasteiger partial charge in [0.15, 0.2) is 0 Å². The number of rotatable bonds is 5. The van der Waals surface area contributed by atoms with Crippen LogP contribution in [0.15, 0.2) is 53.7 Å². The fourth-order valence-electron chi connectivity index (χ4n) is 4.33. The lowest BCUT2D eigenvalue weighted by molar-refractivity contribution is -0.118. The fraction of sp³-hybridized carbons (Fsp3) is 0.286. The second kappa shape index (κ2) is 8.34. The van der Waals surface area contributed by atoms with E-state index in [0.29, 0.717) is 23.7 Å². The molecule has 1 atom stereocenters. The molecule has 8 nitrogen and oxygen atoms in total. The van der Waals surface area contributed by atoms with Crippen molar-refractivity contribution in [1.29, 1.82) is 0 Å². The molecule has 1 amide bonds. The maximum Gasteiger partial charge on any atom is 0.263 e. The molecule has 1 aromatic heterocycles. The van der Waals surface area contributed by atoms with E-state index in [1.165, 1.54) is 24.0 Å². The Morgan fingerprint density at radius 1 is 1.16 bits per heavy atom. The summed E-state index contributed by atoms with van der Waals surface area (Å²) in [7, 11) is -3.77. The Kier molecular flexibility index (Phi) is 5.52. The number of benzene rings is 2. The van der Waals surface area contributed by atoms with E-state index >= 15 is 0 Å². The monoisotopic (exact) mass is 491 g/mol. The molecule has 0 spiro atoms. The van der Waals surface area contributed by atoms with Gasteiger partial charge in [-0.05, 0) is 67.3 Å². The molecule has 0 unspecified atom stereocenters. The van der Waals surface area contributed by atoms with Gasteiger partial charge in [-0.1, -0.05) is 11.6 Å². The number of aromatic nitrogens is 2. The number of hydrogen-bond donors (Lipinski definition) is 1. The number of halogens is 1. The maximum absolute atomic E-state index is 13.3. The molecule has 1 fully saturated rings. The molecule has 32 heavy (non-hydrogen) atoms. The predicted molar refractivity (Wildman–Crippen MR) is 127 cm³/mol. The number of nitrogens with zero attached hydrogens (tertiary/aromatic N) is 4. The zero-order valence-electron chi connectivity index (χ0n) is 16.9. The van der Waals surface area contributed by atoms with Gasteiger partial charge >= 0.3 is 0 Å². The number of nitrogens with one attached hydrogen (secondary N) is 1. The minimum atomic E-state index is -3.77. The number of hydrogen-bond acceptors (Lipinski definition) is 7. The van der Waals surface area contributed by atoms with Crippen LogP contribution in [0.3, 0.4) is 0 Å². The summed E-state index contributed by atoms with van der Waals surface area (Å²) < 4.78 is 31.2. The van der Waals surface area contributed by atoms with Crippen molar-refractivity contribution in [2.75, 3.05) is 27.6 Å². The van der Waals surface area contributed by atoms with Crippen molar-refractivity contribution < 1.29 is 14.6 Å². The summed E-state index contributed by atoms with van der Waals surface area (Å²) in [5.74, 6) is 0.0235. The number of anilines is 3. The van der Waals surface area contributed by atoms with Crippen LogP contribution in [0, 0.1) is 0 Å². The van der Waals surface area contributed by atoms with Crippen LogP contribution >= 0.6 is 23.1 Å². The van der Waals surface area contributed by atoms with Crippen molar-refractivity contribution in [3.63, 3.8) is 0 Å². The molecule has 1 N–H and O–H groups in total. The Morgan fingerprint density at radius 2 is 1.97 bits per heavy atom. The first-order valence-corrected chi connectivity index (χ1v) is 12.8. The Balaban J connectivity index is 0.00000259. The zero-order valence-corrected chi connectivity index (χ0v) is 19.3. The first-order chi connectivity index (χ1) is 15.4. The van der Waals surface area contributed by atoms with Crippen LogP contribution in [-0.2, 0) is 21.2 Å². The topological polar surface area (TPSA) is 95.5 Å². The number of carbonyl (C=O) groups is 1. The van der Waals surface area contributed by atoms with Crippen molar-refractivity contribution in [3.05, 3.63) is 59.4 Å². The molecule has 168 valence electrons. The van der Waals surface area contributed by atoms with Crippen LogP contribution < -0.4 is 14.5 Å². The van der Waals surface area contributed by atoms with Gasteiger partial charge in [-0.3, -0.25) is 9.52 Å². The average Bonchev–Trinajstić information content (AvgIpc) is 3.42. The highest BCUT2D eigenvalue weighted by molar-refractivity contribution is 7.93. The van der Waals surface area contributed by atoms with Crippen molar-refractivity contribution in [1.82, 2.24) is 9.36 Å². The first-order valence-electron chi connectivity index (χ1n) is 10.2. The van der Waals surface area contributed by atoms with Crippen molar-refractivity contribution in [3.8, 4) is 0 Å². The third kappa shape index (κ3) is 3.94. The van der Waals surface area contributed by atoms with Crippen LogP contribution in [-0.4, -0.2) is 42.8 Å². The molecule has 0 saturated carbocycles. The van der Waals surface area contributed by atoms with E-state index < -0.39 is 10.0 Å². The normalized spacial score (nSPS) is 18.7. The van der Waals surface area contributed by atoms with E-state index in [4.69, 9.17) is 11.6 Å². The molecule has 1 saturated heterocycles. The fourth-order valence-corrected chi connectivity index (χ4v) is 6.18. The average molecular weight is 492 g/mol. The van der Waals surface area contributed by atoms with Crippen molar-refractivity contribution in [2.24, 2.45) is 0 Å². The maximum atomic E-state index is 13.3. The van der Waals surface area contributed by atoms with Gasteiger partial charge in [-0.15, -0.1) is 0 Å². The van der Waals surface area contributed by atoms with Gasteiger partial charge in [0.25, 0.3) is 10.0 Å². The Hall–Kier alpha value is -2.69. The second-order valence-electron chi connectivity index (χ2n) is 7.71. The standard InChI is InChI=1S/C21H20ClN5O3S2.H2/c22-15-3-8-18-14(12-15)2-1-10-27(18)19-9-11-26(20(19)28)16-4-6-17(7-5-16)32(29,30)25-21-23-13-24-31-21;/h3-8,12-13,19H,1-2,9-11H2,(H,23,24,25);1H/t19-;/m0./s1. The van der Waals surface area contributed by atoms with E-state index in [2.05, 4.69) is 19.0 Å². The Morgan fingerprint density at radius 3 is 2.72 bits per heavy atom. The van der Waals surface area contributed by atoms with E-state index in [1.54, 1.807) is 17.0 Å². The number of fused-ring (bicyclic) bond motifs is 1. The predicted octanol–water partition coefficient (Wildman–Crippen LogP) is 3.80. The van der Waals surface area contributed by atoms with E-state index in [-0.39, 0.29) is 23.4 Å². The molecule has 5 rings (SSSR count). The van der Waals surface area contributed by atoms with Crippen LogP contribution in [0.5, 0.6) is 0 Å². The highest BCUT2D eigenvalue weighted by Crippen LogP contribution is 2.35. The van der Waals surface area contributed by atoms with Gasteiger partial charge in [0.1, 0.15) is 12.4 Å². The van der Waals surface area contributed by atoms with Crippen LogP contribution in [0.25, 0.3) is 0 Å². The molecule has 2 aliphatic heterocycles. The summed E-state index contributed by atoms with van der Waals surface area (Å²) in [6.45, 7) is 1.41. The molecule has 2 aliphatic rings. The molecular weight excluding hydrogens is 470 g/mol. The molecule has 0 radical (unpaired) electrons. The van der Waals surface area contributed by atoms with Crippen LogP contribution in [0.4, 0.5) is 16.5 Å². The zero-order chi connectivity index (χ0) is 22.3. The molecule has 0 aliphatic carbocycles. The highest BCUT2D eigenvalue weighted by Gasteiger charge is 2.38. The third-order valence-electron chi connectivity index (χ3n) is 5.79. The number of carbonyl (C=O) groups excluding carboxylic acids is 1. The molecule has 2 aromatic carbocycles. The van der Waals surface area contributed by atoms with E-state index in [1.807, 2.05) is 18.2 Å². The number of sulfonamides is 1. The largest absolute Gasteiger partial charge is 0.359 e. The molecule has 0 bridgehead atoms. The smallest absolute Gasteiger partial charge is 0.263 e. The highest BCUT2D eigenvalue weighted by atomic mass is 35.5. The first kappa shape index (κ1) is 21.2. The summed E-state index contributed by atoms with van der Waals surface area (Å²) >= 11 is 7.11. The van der Waals surface area contributed by atoms with Gasteiger partial charge in [0.2, 0.25) is 11.0 Å². The molecule has 11 heteroatoms.